The van der Waals surface area contributed by atoms with Crippen LogP contribution in [0.3, 0.4) is 0 Å². The molecule has 2 N–H and O–H groups in total. The highest BCUT2D eigenvalue weighted by Crippen LogP contribution is 2.42. The highest BCUT2D eigenvalue weighted by atomic mass is 79.9. The van der Waals surface area contributed by atoms with E-state index in [0.29, 0.717) is 5.69 Å². The zero-order chi connectivity index (χ0) is 24.7. The number of carbonyl (C=O) groups is 2. The Morgan fingerprint density at radius 3 is 2.30 bits per heavy atom. The maximum Gasteiger partial charge on any atom is 0.325 e. The van der Waals surface area contributed by atoms with Crippen molar-refractivity contribution in [2.24, 2.45) is 10.2 Å². The molecule has 0 fully saturated rings. The predicted octanol–water partition coefficient (Wildman–Crippen LogP) is 4.23. The second-order valence-electron chi connectivity index (χ2n) is 6.19. The van der Waals surface area contributed by atoms with Gasteiger partial charge in [0.05, 0.1) is 46.0 Å². The minimum absolute atomic E-state index is 0.0310. The molecule has 33 heavy (non-hydrogen) atoms. The molecule has 14 nitrogen and oxygen atoms in total. The van der Waals surface area contributed by atoms with Gasteiger partial charge < -0.3 is 20.1 Å². The summed E-state index contributed by atoms with van der Waals surface area (Å²) in [6.45, 7) is 1.07. The molecule has 0 spiro atoms. The smallest absolute Gasteiger partial charge is 0.325 e. The van der Waals surface area contributed by atoms with Gasteiger partial charge in [0.15, 0.2) is 5.69 Å². The van der Waals surface area contributed by atoms with Crippen LogP contribution in [0.2, 0.25) is 0 Å². The SMILES string of the molecule is COC(=O)CNc1cc(NC(C)=O)c(N=Nc2c(Br)cc([N+](=O)[O-])cc2[N+](=O)[O-])cc1OC. The Bertz CT molecular complexity index is 1150. The number of hydrogen-bond acceptors (Lipinski definition) is 11. The molecule has 2 aromatic carbocycles. The van der Waals surface area contributed by atoms with Crippen LogP contribution >= 0.6 is 15.9 Å². The number of esters is 1. The van der Waals surface area contributed by atoms with Crippen LogP contribution in [0, 0.1) is 20.2 Å². The van der Waals surface area contributed by atoms with Crippen molar-refractivity contribution < 1.29 is 28.9 Å². The maximum absolute atomic E-state index is 11.6. The third-order valence-electron chi connectivity index (χ3n) is 3.97. The Labute approximate surface area is 194 Å². The number of non-ortho nitro benzene ring substituents is 1. The maximum atomic E-state index is 11.6. The zero-order valence-corrected chi connectivity index (χ0v) is 19.0. The molecule has 0 saturated carbocycles. The summed E-state index contributed by atoms with van der Waals surface area (Å²) in [7, 11) is 2.58. The number of nitro groups is 2. The number of methoxy groups -OCH3 is 2. The van der Waals surface area contributed by atoms with Crippen molar-refractivity contribution in [3.8, 4) is 5.75 Å². The summed E-state index contributed by atoms with van der Waals surface area (Å²) in [5, 5.41) is 35.6. The molecule has 0 aliphatic carbocycles. The number of halogens is 1. The molecule has 1 amide bonds. The molecule has 0 aliphatic heterocycles. The summed E-state index contributed by atoms with van der Waals surface area (Å²) in [4.78, 5) is 43.9. The van der Waals surface area contributed by atoms with Gasteiger partial charge in [0.2, 0.25) is 5.91 Å². The predicted molar refractivity (Wildman–Crippen MR) is 119 cm³/mol. The van der Waals surface area contributed by atoms with E-state index in [1.165, 1.54) is 33.3 Å². The standard InChI is InChI=1S/C18H17BrN6O8/c1-9(26)21-12-6-14(20-8-17(27)33-3)16(32-2)7-13(12)22-23-18-11(19)4-10(24(28)29)5-15(18)25(30)31/h4-7,20H,8H2,1-3H3,(H,21,26). The van der Waals surface area contributed by atoms with Gasteiger partial charge in [-0.25, -0.2) is 0 Å². The first-order valence-electron chi connectivity index (χ1n) is 8.91. The highest BCUT2D eigenvalue weighted by molar-refractivity contribution is 9.10. The van der Waals surface area contributed by atoms with Crippen LogP contribution in [0.1, 0.15) is 6.92 Å². The van der Waals surface area contributed by atoms with Gasteiger partial charge in [-0.05, 0) is 22.0 Å². The second kappa shape index (κ2) is 10.9. The van der Waals surface area contributed by atoms with Gasteiger partial charge in [0.1, 0.15) is 18.0 Å². The number of nitrogens with zero attached hydrogens (tertiary/aromatic N) is 4. The number of benzene rings is 2. The molecule has 2 aromatic rings. The Hall–Kier alpha value is -4.14. The molecule has 0 radical (unpaired) electrons. The molecule has 0 aromatic heterocycles. The van der Waals surface area contributed by atoms with E-state index in [1.807, 2.05) is 0 Å². The van der Waals surface area contributed by atoms with Crippen molar-refractivity contribution in [1.82, 2.24) is 0 Å². The fraction of sp³-hybridized carbons (Fsp3) is 0.222. The van der Waals surface area contributed by atoms with E-state index in [1.54, 1.807) is 0 Å². The second-order valence-corrected chi connectivity index (χ2v) is 7.04. The number of rotatable bonds is 9. The van der Waals surface area contributed by atoms with Crippen molar-refractivity contribution in [3.63, 3.8) is 0 Å². The normalized spacial score (nSPS) is 10.5. The van der Waals surface area contributed by atoms with Crippen molar-refractivity contribution in [2.75, 3.05) is 31.4 Å². The van der Waals surface area contributed by atoms with E-state index >= 15 is 0 Å². The van der Waals surface area contributed by atoms with Crippen LogP contribution in [-0.2, 0) is 14.3 Å². The van der Waals surface area contributed by atoms with Gasteiger partial charge >= 0.3 is 11.7 Å². The fourth-order valence-corrected chi connectivity index (χ4v) is 3.02. The van der Waals surface area contributed by atoms with Gasteiger partial charge in [-0.1, -0.05) is 0 Å². The molecule has 0 saturated heterocycles. The summed E-state index contributed by atoms with van der Waals surface area (Å²) in [6.07, 6.45) is 0. The largest absolute Gasteiger partial charge is 0.495 e. The molecule has 0 unspecified atom stereocenters. The average molecular weight is 525 g/mol. The van der Waals surface area contributed by atoms with Crippen molar-refractivity contribution in [3.05, 3.63) is 49.0 Å². The molecule has 15 heteroatoms. The number of nitro benzene ring substituents is 2. The summed E-state index contributed by atoms with van der Waals surface area (Å²) >= 11 is 3.04. The van der Waals surface area contributed by atoms with Crippen LogP contribution in [0.25, 0.3) is 0 Å². The lowest BCUT2D eigenvalue weighted by atomic mass is 10.2. The van der Waals surface area contributed by atoms with Crippen LogP contribution in [0.4, 0.5) is 34.1 Å². The molecular formula is C18H17BrN6O8. The number of hydrogen-bond donors (Lipinski definition) is 2. The minimum Gasteiger partial charge on any atom is -0.495 e. The van der Waals surface area contributed by atoms with Crippen LogP contribution in [-0.4, -0.2) is 42.5 Å². The van der Waals surface area contributed by atoms with Gasteiger partial charge in [-0.3, -0.25) is 29.8 Å². The van der Waals surface area contributed by atoms with Crippen LogP contribution < -0.4 is 15.4 Å². The lowest BCUT2D eigenvalue weighted by Gasteiger charge is -2.14. The lowest BCUT2D eigenvalue weighted by molar-refractivity contribution is -0.393. The molecule has 0 heterocycles. The highest BCUT2D eigenvalue weighted by Gasteiger charge is 2.24. The summed E-state index contributed by atoms with van der Waals surface area (Å²) < 4.78 is 9.81. The number of carbonyl (C=O) groups excluding carboxylic acids is 2. The van der Waals surface area contributed by atoms with Gasteiger partial charge in [-0.15, -0.1) is 10.2 Å². The Morgan fingerprint density at radius 1 is 1.06 bits per heavy atom. The van der Waals surface area contributed by atoms with Gasteiger partial charge in [0, 0.05) is 19.1 Å². The summed E-state index contributed by atoms with van der Waals surface area (Å²) in [5.41, 5.74) is -0.886. The first-order valence-corrected chi connectivity index (χ1v) is 9.71. The molecule has 2 rings (SSSR count). The number of amides is 1. The minimum atomic E-state index is -0.832. The van der Waals surface area contributed by atoms with E-state index in [9.17, 15) is 29.8 Å². The van der Waals surface area contributed by atoms with Gasteiger partial charge in [0.25, 0.3) is 5.69 Å². The third-order valence-corrected chi connectivity index (χ3v) is 4.58. The van der Waals surface area contributed by atoms with Crippen molar-refractivity contribution in [1.29, 1.82) is 0 Å². The lowest BCUT2D eigenvalue weighted by Crippen LogP contribution is -2.16. The molecule has 0 bridgehead atoms. The van der Waals surface area contributed by atoms with Crippen LogP contribution in [0.15, 0.2) is 39.0 Å². The molecule has 0 atom stereocenters. The topological polar surface area (TPSA) is 188 Å². The third kappa shape index (κ3) is 6.42. The van der Waals surface area contributed by atoms with E-state index in [-0.39, 0.29) is 33.8 Å². The molecular weight excluding hydrogens is 508 g/mol. The number of nitrogens with one attached hydrogen (secondary N) is 2. The fourth-order valence-electron chi connectivity index (χ4n) is 2.51. The first kappa shape index (κ1) is 25.1. The summed E-state index contributed by atoms with van der Waals surface area (Å²) in [5.74, 6) is -0.769. The number of azo groups is 1. The zero-order valence-electron chi connectivity index (χ0n) is 17.4. The number of anilines is 2. The van der Waals surface area contributed by atoms with Crippen molar-refractivity contribution >= 4 is 61.9 Å². The Balaban J connectivity index is 2.57. The first-order chi connectivity index (χ1) is 15.6. The monoisotopic (exact) mass is 524 g/mol. The Morgan fingerprint density at radius 2 is 1.76 bits per heavy atom. The quantitative estimate of drug-likeness (QED) is 0.209. The van der Waals surface area contributed by atoms with E-state index in [2.05, 4.69) is 41.5 Å². The van der Waals surface area contributed by atoms with E-state index in [0.717, 1.165) is 12.1 Å². The van der Waals surface area contributed by atoms with E-state index in [4.69, 9.17) is 4.74 Å². The molecule has 0 aliphatic rings. The van der Waals surface area contributed by atoms with Crippen LogP contribution in [0.5, 0.6) is 5.75 Å². The van der Waals surface area contributed by atoms with Crippen molar-refractivity contribution in [2.45, 2.75) is 6.92 Å². The molecule has 174 valence electrons. The van der Waals surface area contributed by atoms with E-state index < -0.39 is 33.1 Å². The van der Waals surface area contributed by atoms with Gasteiger partial charge in [-0.2, -0.15) is 0 Å². The number of ether oxygens (including phenoxy) is 2. The Kier molecular flexibility index (Phi) is 8.33. The average Bonchev–Trinajstić information content (AvgIpc) is 2.76. The summed E-state index contributed by atoms with van der Waals surface area (Å²) in [6, 6.07) is 4.61.